The first-order chi connectivity index (χ1) is 16.1. The van der Waals surface area contributed by atoms with Crippen LogP contribution in [-0.4, -0.2) is 46.9 Å². The van der Waals surface area contributed by atoms with Gasteiger partial charge in [0.1, 0.15) is 5.78 Å². The molecule has 0 radical (unpaired) electrons. The standard InChI is InChI=1S/C28H31N3OS/c1-22(32)21-26(23-11-5-2-6-12-23)29-28(33)31-19-17-30(18-20-31)27(24-13-7-3-8-14-24)25-15-9-4-10-16-25/h2-16,26-27H,17-21H2,1H3,(H,29,33). The number of Topliss-reactive ketones (excluding diaryl/α,β-unsaturated/α-hetero) is 1. The van der Waals surface area contributed by atoms with E-state index in [4.69, 9.17) is 12.2 Å². The van der Waals surface area contributed by atoms with E-state index in [1.165, 1.54) is 11.1 Å². The van der Waals surface area contributed by atoms with E-state index in [-0.39, 0.29) is 17.9 Å². The van der Waals surface area contributed by atoms with Gasteiger partial charge in [0.15, 0.2) is 5.11 Å². The maximum absolute atomic E-state index is 11.9. The number of thiocarbonyl (C=S) groups is 1. The minimum atomic E-state index is -0.101. The Labute approximate surface area is 202 Å². The second-order valence-electron chi connectivity index (χ2n) is 8.57. The highest BCUT2D eigenvalue weighted by atomic mass is 32.1. The number of rotatable bonds is 7. The molecule has 1 fully saturated rings. The van der Waals surface area contributed by atoms with Gasteiger partial charge in [-0.1, -0.05) is 91.0 Å². The first-order valence-corrected chi connectivity index (χ1v) is 12.0. The monoisotopic (exact) mass is 457 g/mol. The first-order valence-electron chi connectivity index (χ1n) is 11.6. The van der Waals surface area contributed by atoms with Gasteiger partial charge in [0.25, 0.3) is 0 Å². The van der Waals surface area contributed by atoms with Crippen molar-refractivity contribution in [2.45, 2.75) is 25.4 Å². The van der Waals surface area contributed by atoms with E-state index >= 15 is 0 Å². The van der Waals surface area contributed by atoms with Crippen LogP contribution in [0.4, 0.5) is 0 Å². The fourth-order valence-electron chi connectivity index (χ4n) is 4.53. The number of carbonyl (C=O) groups excluding carboxylic acids is 1. The van der Waals surface area contributed by atoms with Gasteiger partial charge in [-0.05, 0) is 35.8 Å². The summed E-state index contributed by atoms with van der Waals surface area (Å²) in [6.07, 6.45) is 0.425. The lowest BCUT2D eigenvalue weighted by Gasteiger charge is -2.41. The Morgan fingerprint density at radius 3 is 1.70 bits per heavy atom. The second-order valence-corrected chi connectivity index (χ2v) is 8.95. The Morgan fingerprint density at radius 2 is 1.24 bits per heavy atom. The van der Waals surface area contributed by atoms with Crippen molar-refractivity contribution in [3.8, 4) is 0 Å². The quantitative estimate of drug-likeness (QED) is 0.506. The van der Waals surface area contributed by atoms with Crippen LogP contribution in [0.1, 0.15) is 42.1 Å². The van der Waals surface area contributed by atoms with Crippen LogP contribution in [0, 0.1) is 0 Å². The van der Waals surface area contributed by atoms with Gasteiger partial charge in [-0.2, -0.15) is 0 Å². The summed E-state index contributed by atoms with van der Waals surface area (Å²) in [6.45, 7) is 5.16. The van der Waals surface area contributed by atoms with Gasteiger partial charge >= 0.3 is 0 Å². The second kappa shape index (κ2) is 11.2. The van der Waals surface area contributed by atoms with E-state index in [1.54, 1.807) is 6.92 Å². The van der Waals surface area contributed by atoms with Crippen LogP contribution in [0.3, 0.4) is 0 Å². The molecule has 1 aliphatic rings. The molecule has 1 saturated heterocycles. The minimum absolute atomic E-state index is 0.101. The van der Waals surface area contributed by atoms with Crippen molar-refractivity contribution in [2.75, 3.05) is 26.2 Å². The third-order valence-corrected chi connectivity index (χ3v) is 6.56. The SMILES string of the molecule is CC(=O)CC(NC(=S)N1CCN(C(c2ccccc2)c2ccccc2)CC1)c1ccccc1. The minimum Gasteiger partial charge on any atom is -0.355 e. The Kier molecular flexibility index (Phi) is 7.87. The predicted molar refractivity (Wildman–Crippen MR) is 138 cm³/mol. The van der Waals surface area contributed by atoms with Crippen LogP contribution in [0.2, 0.25) is 0 Å². The van der Waals surface area contributed by atoms with E-state index in [0.717, 1.165) is 36.9 Å². The fourth-order valence-corrected chi connectivity index (χ4v) is 4.86. The van der Waals surface area contributed by atoms with E-state index < -0.39 is 0 Å². The van der Waals surface area contributed by atoms with Crippen molar-refractivity contribution in [2.24, 2.45) is 0 Å². The summed E-state index contributed by atoms with van der Waals surface area (Å²) in [4.78, 5) is 16.6. The molecule has 170 valence electrons. The zero-order valence-electron chi connectivity index (χ0n) is 19.1. The lowest BCUT2D eigenvalue weighted by Crippen LogP contribution is -2.53. The van der Waals surface area contributed by atoms with Crippen LogP contribution in [0.15, 0.2) is 91.0 Å². The van der Waals surface area contributed by atoms with Gasteiger partial charge in [0.2, 0.25) is 0 Å². The lowest BCUT2D eigenvalue weighted by molar-refractivity contribution is -0.117. The normalized spacial score (nSPS) is 15.3. The molecule has 4 nitrogen and oxygen atoms in total. The Balaban J connectivity index is 1.43. The Bertz CT molecular complexity index is 995. The van der Waals surface area contributed by atoms with Gasteiger partial charge in [-0.25, -0.2) is 0 Å². The summed E-state index contributed by atoms with van der Waals surface area (Å²) in [5.41, 5.74) is 3.70. The molecule has 0 aliphatic carbocycles. The maximum atomic E-state index is 11.9. The van der Waals surface area contributed by atoms with Gasteiger partial charge in [0.05, 0.1) is 12.1 Å². The molecule has 0 saturated carbocycles. The molecule has 1 atom stereocenters. The number of hydrogen-bond donors (Lipinski definition) is 1. The maximum Gasteiger partial charge on any atom is 0.169 e. The van der Waals surface area contributed by atoms with Crippen LogP contribution >= 0.6 is 12.2 Å². The van der Waals surface area contributed by atoms with Crippen molar-refractivity contribution in [1.82, 2.24) is 15.1 Å². The molecular weight excluding hydrogens is 426 g/mol. The van der Waals surface area contributed by atoms with Gasteiger partial charge < -0.3 is 10.2 Å². The third kappa shape index (κ3) is 6.06. The summed E-state index contributed by atoms with van der Waals surface area (Å²) in [5, 5.41) is 4.18. The van der Waals surface area contributed by atoms with E-state index in [2.05, 4.69) is 75.8 Å². The molecule has 1 heterocycles. The summed E-state index contributed by atoms with van der Waals surface area (Å²) in [7, 11) is 0. The molecule has 3 aromatic carbocycles. The smallest absolute Gasteiger partial charge is 0.169 e. The average Bonchev–Trinajstić information content (AvgIpc) is 2.86. The summed E-state index contributed by atoms with van der Waals surface area (Å²) in [6, 6.07) is 31.6. The Morgan fingerprint density at radius 1 is 0.788 bits per heavy atom. The van der Waals surface area contributed by atoms with E-state index in [0.29, 0.717) is 6.42 Å². The lowest BCUT2D eigenvalue weighted by atomic mass is 9.96. The van der Waals surface area contributed by atoms with Crippen molar-refractivity contribution < 1.29 is 4.79 Å². The largest absolute Gasteiger partial charge is 0.355 e. The topological polar surface area (TPSA) is 35.6 Å². The van der Waals surface area contributed by atoms with Crippen molar-refractivity contribution in [1.29, 1.82) is 0 Å². The number of ketones is 1. The highest BCUT2D eigenvalue weighted by molar-refractivity contribution is 7.80. The highest BCUT2D eigenvalue weighted by Gasteiger charge is 2.28. The highest BCUT2D eigenvalue weighted by Crippen LogP contribution is 2.29. The molecule has 1 unspecified atom stereocenters. The molecule has 0 amide bonds. The van der Waals surface area contributed by atoms with Crippen LogP contribution in [0.5, 0.6) is 0 Å². The summed E-state index contributed by atoms with van der Waals surface area (Å²) in [5.74, 6) is 0.150. The van der Waals surface area contributed by atoms with Crippen LogP contribution < -0.4 is 5.32 Å². The van der Waals surface area contributed by atoms with E-state index in [1.807, 2.05) is 30.3 Å². The van der Waals surface area contributed by atoms with Crippen molar-refractivity contribution in [3.63, 3.8) is 0 Å². The number of nitrogens with zero attached hydrogens (tertiary/aromatic N) is 2. The molecule has 0 spiro atoms. The predicted octanol–water partition coefficient (Wildman–Crippen LogP) is 4.99. The zero-order valence-corrected chi connectivity index (χ0v) is 19.9. The fraction of sp³-hybridized carbons (Fsp3) is 0.286. The molecule has 5 heteroatoms. The number of hydrogen-bond acceptors (Lipinski definition) is 3. The average molecular weight is 458 g/mol. The Hall–Kier alpha value is -3.02. The van der Waals surface area contributed by atoms with Gasteiger partial charge in [-0.15, -0.1) is 0 Å². The molecule has 0 aromatic heterocycles. The van der Waals surface area contributed by atoms with Crippen molar-refractivity contribution in [3.05, 3.63) is 108 Å². The first kappa shape index (κ1) is 23.1. The summed E-state index contributed by atoms with van der Waals surface area (Å²) < 4.78 is 0. The van der Waals surface area contributed by atoms with Crippen LogP contribution in [0.25, 0.3) is 0 Å². The molecule has 1 aliphatic heterocycles. The number of benzene rings is 3. The van der Waals surface area contributed by atoms with Crippen molar-refractivity contribution >= 4 is 23.1 Å². The van der Waals surface area contributed by atoms with Gasteiger partial charge in [0, 0.05) is 32.6 Å². The number of carbonyl (C=O) groups is 1. The molecular formula is C28H31N3OS. The van der Waals surface area contributed by atoms with Crippen LogP contribution in [-0.2, 0) is 4.79 Å². The number of piperazine rings is 1. The van der Waals surface area contributed by atoms with E-state index in [9.17, 15) is 4.79 Å². The molecule has 1 N–H and O–H groups in total. The third-order valence-electron chi connectivity index (χ3n) is 6.19. The zero-order chi connectivity index (χ0) is 23.0. The number of nitrogens with one attached hydrogen (secondary N) is 1. The molecule has 4 rings (SSSR count). The molecule has 3 aromatic rings. The molecule has 33 heavy (non-hydrogen) atoms. The summed E-state index contributed by atoms with van der Waals surface area (Å²) >= 11 is 5.78. The molecule has 0 bridgehead atoms. The van der Waals surface area contributed by atoms with Gasteiger partial charge in [-0.3, -0.25) is 9.69 Å².